The van der Waals surface area contributed by atoms with E-state index in [2.05, 4.69) is 18.8 Å². The van der Waals surface area contributed by atoms with Gasteiger partial charge in [-0.25, -0.2) is 0 Å². The van der Waals surface area contributed by atoms with Crippen molar-refractivity contribution < 1.29 is 19.8 Å². The number of carbonyl (C=O) groups is 2. The summed E-state index contributed by atoms with van der Waals surface area (Å²) < 4.78 is 0. The van der Waals surface area contributed by atoms with Crippen LogP contribution in [0, 0.1) is 23.7 Å². The molecule has 26 heavy (non-hydrogen) atoms. The van der Waals surface area contributed by atoms with E-state index in [9.17, 15) is 14.7 Å². The predicted molar refractivity (Wildman–Crippen MR) is 104 cm³/mol. The van der Waals surface area contributed by atoms with Crippen molar-refractivity contribution in [2.45, 2.75) is 90.1 Å². The molecule has 0 amide bonds. The lowest BCUT2D eigenvalue weighted by molar-refractivity contribution is -0.137. The highest BCUT2D eigenvalue weighted by molar-refractivity contribution is 5.89. The van der Waals surface area contributed by atoms with Gasteiger partial charge in [0.1, 0.15) is 0 Å². The summed E-state index contributed by atoms with van der Waals surface area (Å²) >= 11 is 0. The van der Waals surface area contributed by atoms with Gasteiger partial charge in [0.15, 0.2) is 5.78 Å². The molecule has 3 unspecified atom stereocenters. The van der Waals surface area contributed by atoms with Gasteiger partial charge in [0.25, 0.3) is 0 Å². The van der Waals surface area contributed by atoms with Crippen LogP contribution in [0.4, 0.5) is 0 Å². The number of aliphatic hydroxyl groups is 1. The number of unbranched alkanes of at least 4 members (excludes halogenated alkanes) is 5. The Bertz CT molecular complexity index is 512. The number of aliphatic carboxylic acids is 1. The highest BCUT2D eigenvalue weighted by Crippen LogP contribution is 2.35. The van der Waals surface area contributed by atoms with Crippen LogP contribution in [0.2, 0.25) is 0 Å². The predicted octanol–water partition coefficient (Wildman–Crippen LogP) is 4.51. The van der Waals surface area contributed by atoms with Crippen molar-refractivity contribution in [1.29, 1.82) is 0 Å². The zero-order valence-corrected chi connectivity index (χ0v) is 16.1. The molecule has 1 rings (SSSR count). The molecule has 0 heterocycles. The largest absolute Gasteiger partial charge is 0.481 e. The number of allylic oxidation sites excluding steroid dienone is 2. The van der Waals surface area contributed by atoms with E-state index < -0.39 is 5.97 Å². The quantitative estimate of drug-likeness (QED) is 0.304. The lowest BCUT2D eigenvalue weighted by Gasteiger charge is -2.16. The Kier molecular flexibility index (Phi) is 11.7. The molecule has 0 spiro atoms. The maximum Gasteiger partial charge on any atom is 0.303 e. The number of carboxylic acids is 1. The maximum absolute atomic E-state index is 11.9. The minimum Gasteiger partial charge on any atom is -0.481 e. The molecule has 1 fully saturated rings. The van der Waals surface area contributed by atoms with Crippen LogP contribution in [0.1, 0.15) is 84.0 Å². The number of rotatable bonds is 12. The second-order valence-electron chi connectivity index (χ2n) is 7.27. The molecule has 3 atom stereocenters. The molecule has 0 bridgehead atoms. The molecule has 1 aliphatic carbocycles. The lowest BCUT2D eigenvalue weighted by atomic mass is 9.91. The number of aliphatic hydroxyl groups excluding tert-OH is 1. The summed E-state index contributed by atoms with van der Waals surface area (Å²) in [5, 5.41) is 18.8. The van der Waals surface area contributed by atoms with Crippen molar-refractivity contribution in [3.8, 4) is 11.8 Å². The minimum absolute atomic E-state index is 0.102. The number of carbonyl (C=O) groups excluding carboxylic acids is 1. The van der Waals surface area contributed by atoms with Gasteiger partial charge in [-0.2, -0.15) is 0 Å². The summed E-state index contributed by atoms with van der Waals surface area (Å²) in [5.41, 5.74) is 0. The molecule has 0 aromatic heterocycles. The Morgan fingerprint density at radius 2 is 1.81 bits per heavy atom. The normalized spacial score (nSPS) is 22.3. The van der Waals surface area contributed by atoms with Gasteiger partial charge in [-0.15, -0.1) is 11.8 Å². The van der Waals surface area contributed by atoms with Gasteiger partial charge in [0, 0.05) is 31.6 Å². The van der Waals surface area contributed by atoms with Crippen molar-refractivity contribution >= 4 is 11.8 Å². The average molecular weight is 363 g/mol. The number of hydrogen-bond donors (Lipinski definition) is 2. The molecule has 4 nitrogen and oxygen atoms in total. The Balaban J connectivity index is 2.33. The standard InChI is InChI=1S/C22H34O4/c1-2-3-4-8-11-19(23)16-14-18-15-17-21(24)20(18)12-9-6-5-7-10-13-22(25)26/h14,16,18,20-21,24H,2-5,7-8,10-13,15,17H2,1H3,(H,25,26). The Morgan fingerprint density at radius 3 is 2.54 bits per heavy atom. The fraction of sp³-hybridized carbons (Fsp3) is 0.727. The summed E-state index contributed by atoms with van der Waals surface area (Å²) in [5.74, 6) is 5.98. The molecule has 1 aliphatic rings. The van der Waals surface area contributed by atoms with Gasteiger partial charge < -0.3 is 10.2 Å². The number of hydrogen-bond acceptors (Lipinski definition) is 3. The van der Waals surface area contributed by atoms with Crippen LogP contribution in [0.25, 0.3) is 0 Å². The first-order valence-corrected chi connectivity index (χ1v) is 10.1. The Hall–Kier alpha value is -1.60. The third-order valence-corrected chi connectivity index (χ3v) is 5.05. The zero-order chi connectivity index (χ0) is 19.2. The monoisotopic (exact) mass is 362 g/mol. The summed E-state index contributed by atoms with van der Waals surface area (Å²) in [6.45, 7) is 2.16. The van der Waals surface area contributed by atoms with Gasteiger partial charge in [0.05, 0.1) is 6.10 Å². The molecule has 0 radical (unpaired) electrons. The van der Waals surface area contributed by atoms with E-state index in [1.807, 2.05) is 6.08 Å². The molecule has 0 saturated heterocycles. The number of carboxylic acid groups (broad SMARTS) is 1. The van der Waals surface area contributed by atoms with E-state index in [1.165, 1.54) is 12.8 Å². The second-order valence-corrected chi connectivity index (χ2v) is 7.27. The Morgan fingerprint density at radius 1 is 1.04 bits per heavy atom. The second kappa shape index (κ2) is 13.6. The highest BCUT2D eigenvalue weighted by atomic mass is 16.4. The average Bonchev–Trinajstić information content (AvgIpc) is 2.96. The van der Waals surface area contributed by atoms with Crippen LogP contribution < -0.4 is 0 Å². The van der Waals surface area contributed by atoms with Crippen molar-refractivity contribution in [1.82, 2.24) is 0 Å². The molecular weight excluding hydrogens is 328 g/mol. The topological polar surface area (TPSA) is 74.6 Å². The summed E-state index contributed by atoms with van der Waals surface area (Å²) in [6, 6.07) is 0. The third kappa shape index (κ3) is 9.77. The molecular formula is C22H34O4. The molecule has 4 heteroatoms. The van der Waals surface area contributed by atoms with E-state index >= 15 is 0 Å². The third-order valence-electron chi connectivity index (χ3n) is 5.05. The molecule has 0 aliphatic heterocycles. The highest BCUT2D eigenvalue weighted by Gasteiger charge is 2.32. The summed E-state index contributed by atoms with van der Waals surface area (Å²) in [4.78, 5) is 22.4. The lowest BCUT2D eigenvalue weighted by Crippen LogP contribution is -2.17. The molecule has 0 aromatic rings. The maximum atomic E-state index is 11.9. The molecule has 0 aromatic carbocycles. The minimum atomic E-state index is -0.762. The van der Waals surface area contributed by atoms with E-state index in [4.69, 9.17) is 5.11 Å². The van der Waals surface area contributed by atoms with E-state index in [-0.39, 0.29) is 30.1 Å². The SMILES string of the molecule is CCCCCCC(=O)C=CC1CCC(O)C1CC#CCCCCC(=O)O. The van der Waals surface area contributed by atoms with Crippen molar-refractivity contribution in [2.24, 2.45) is 11.8 Å². The summed E-state index contributed by atoms with van der Waals surface area (Å²) in [7, 11) is 0. The number of ketones is 1. The fourth-order valence-electron chi connectivity index (χ4n) is 3.41. The molecule has 146 valence electrons. The van der Waals surface area contributed by atoms with Crippen molar-refractivity contribution in [3.63, 3.8) is 0 Å². The van der Waals surface area contributed by atoms with Crippen LogP contribution in [0.3, 0.4) is 0 Å². The van der Waals surface area contributed by atoms with E-state index in [0.29, 0.717) is 25.7 Å². The Labute approximate surface area is 158 Å². The first-order chi connectivity index (χ1) is 12.5. The van der Waals surface area contributed by atoms with E-state index in [0.717, 1.165) is 32.1 Å². The fourth-order valence-corrected chi connectivity index (χ4v) is 3.41. The van der Waals surface area contributed by atoms with Gasteiger partial charge in [0.2, 0.25) is 0 Å². The first-order valence-electron chi connectivity index (χ1n) is 10.1. The van der Waals surface area contributed by atoms with Gasteiger partial charge >= 0.3 is 5.97 Å². The van der Waals surface area contributed by atoms with Crippen LogP contribution in [-0.2, 0) is 9.59 Å². The van der Waals surface area contributed by atoms with Gasteiger partial charge in [-0.05, 0) is 44.1 Å². The van der Waals surface area contributed by atoms with Gasteiger partial charge in [-0.3, -0.25) is 9.59 Å². The molecule has 1 saturated carbocycles. The van der Waals surface area contributed by atoms with Crippen LogP contribution in [0.15, 0.2) is 12.2 Å². The van der Waals surface area contributed by atoms with Crippen LogP contribution in [0.5, 0.6) is 0 Å². The molecule has 2 N–H and O–H groups in total. The smallest absolute Gasteiger partial charge is 0.303 e. The van der Waals surface area contributed by atoms with Crippen molar-refractivity contribution in [3.05, 3.63) is 12.2 Å². The van der Waals surface area contributed by atoms with Crippen molar-refractivity contribution in [2.75, 3.05) is 0 Å². The van der Waals surface area contributed by atoms with Crippen LogP contribution in [-0.4, -0.2) is 28.1 Å². The zero-order valence-electron chi connectivity index (χ0n) is 16.1. The first kappa shape index (κ1) is 22.4. The van der Waals surface area contributed by atoms with Crippen LogP contribution >= 0.6 is 0 Å². The van der Waals surface area contributed by atoms with Gasteiger partial charge in [-0.1, -0.05) is 32.3 Å². The summed E-state index contributed by atoms with van der Waals surface area (Å²) in [6.07, 6.45) is 13.1. The van der Waals surface area contributed by atoms with E-state index in [1.54, 1.807) is 6.08 Å².